The Balaban J connectivity index is 2.02. The van der Waals surface area contributed by atoms with Crippen LogP contribution in [0, 0.1) is 11.8 Å². The van der Waals surface area contributed by atoms with Gasteiger partial charge in [-0.1, -0.05) is 19.3 Å². The first kappa shape index (κ1) is 9.04. The van der Waals surface area contributed by atoms with E-state index in [9.17, 15) is 4.79 Å². The zero-order valence-corrected chi connectivity index (χ0v) is 8.51. The molecule has 0 bridgehead atoms. The molecule has 2 rings (SSSR count). The topological polar surface area (TPSA) is 26.3 Å². The second-order valence-electron chi connectivity index (χ2n) is 4.66. The molecule has 0 aromatic carbocycles. The number of esters is 1. The van der Waals surface area contributed by atoms with Crippen molar-refractivity contribution in [2.45, 2.75) is 51.6 Å². The van der Waals surface area contributed by atoms with Crippen LogP contribution in [0.3, 0.4) is 0 Å². The first-order chi connectivity index (χ1) is 6.14. The number of carbonyl (C=O) groups is 1. The van der Waals surface area contributed by atoms with Gasteiger partial charge in [0.1, 0.15) is 5.60 Å². The molecule has 2 atom stereocenters. The number of hydrogen-bond acceptors (Lipinski definition) is 2. The largest absolute Gasteiger partial charge is 0.458 e. The molecule has 1 saturated heterocycles. The van der Waals surface area contributed by atoms with Crippen molar-refractivity contribution in [1.29, 1.82) is 0 Å². The first-order valence-electron chi connectivity index (χ1n) is 5.37. The third-order valence-corrected chi connectivity index (χ3v) is 3.95. The molecular weight excluding hydrogens is 164 g/mol. The minimum Gasteiger partial charge on any atom is -0.458 e. The number of rotatable bonds is 1. The van der Waals surface area contributed by atoms with Crippen molar-refractivity contribution in [2.24, 2.45) is 11.8 Å². The monoisotopic (exact) mass is 182 g/mol. The second-order valence-corrected chi connectivity index (χ2v) is 4.66. The van der Waals surface area contributed by atoms with Crippen LogP contribution in [0.15, 0.2) is 0 Å². The lowest BCUT2D eigenvalue weighted by molar-refractivity contribution is -0.221. The van der Waals surface area contributed by atoms with E-state index in [-0.39, 0.29) is 17.5 Å². The van der Waals surface area contributed by atoms with Crippen molar-refractivity contribution in [3.8, 4) is 0 Å². The van der Waals surface area contributed by atoms with E-state index in [0.29, 0.717) is 5.92 Å². The highest BCUT2D eigenvalue weighted by molar-refractivity contribution is 5.79. The van der Waals surface area contributed by atoms with Gasteiger partial charge in [-0.15, -0.1) is 0 Å². The van der Waals surface area contributed by atoms with E-state index in [0.717, 1.165) is 0 Å². The Morgan fingerprint density at radius 2 is 1.92 bits per heavy atom. The molecule has 1 aliphatic heterocycles. The molecule has 2 heteroatoms. The highest BCUT2D eigenvalue weighted by atomic mass is 16.6. The fourth-order valence-corrected chi connectivity index (χ4v) is 2.68. The molecule has 0 aromatic heterocycles. The maximum Gasteiger partial charge on any atom is 0.313 e. The molecule has 0 amide bonds. The van der Waals surface area contributed by atoms with E-state index in [1.165, 1.54) is 32.1 Å². The summed E-state index contributed by atoms with van der Waals surface area (Å²) in [6, 6.07) is 0. The van der Waals surface area contributed by atoms with Gasteiger partial charge in [-0.2, -0.15) is 0 Å². The molecule has 2 nitrogen and oxygen atoms in total. The third-order valence-electron chi connectivity index (χ3n) is 3.95. The van der Waals surface area contributed by atoms with Crippen LogP contribution in [-0.2, 0) is 9.53 Å². The predicted octanol–water partition coefficient (Wildman–Crippen LogP) is 2.52. The molecule has 13 heavy (non-hydrogen) atoms. The van der Waals surface area contributed by atoms with Crippen LogP contribution in [0.2, 0.25) is 0 Å². The number of hydrogen-bond donors (Lipinski definition) is 0. The van der Waals surface area contributed by atoms with Crippen molar-refractivity contribution in [1.82, 2.24) is 0 Å². The minimum absolute atomic E-state index is 0.00641. The molecule has 2 fully saturated rings. The van der Waals surface area contributed by atoms with Crippen LogP contribution in [0.1, 0.15) is 46.0 Å². The van der Waals surface area contributed by atoms with Gasteiger partial charge in [0.25, 0.3) is 0 Å². The summed E-state index contributed by atoms with van der Waals surface area (Å²) in [7, 11) is 0. The maximum absolute atomic E-state index is 11.1. The van der Waals surface area contributed by atoms with E-state index in [1.807, 2.05) is 6.92 Å². The molecule has 1 saturated carbocycles. The lowest BCUT2D eigenvalue weighted by Gasteiger charge is -2.49. The van der Waals surface area contributed by atoms with Gasteiger partial charge in [0.2, 0.25) is 0 Å². The molecule has 0 spiro atoms. The summed E-state index contributed by atoms with van der Waals surface area (Å²) in [4.78, 5) is 11.1. The van der Waals surface area contributed by atoms with E-state index in [1.54, 1.807) is 0 Å². The summed E-state index contributed by atoms with van der Waals surface area (Å²) in [6.45, 7) is 4.11. The Kier molecular flexibility index (Phi) is 2.09. The van der Waals surface area contributed by atoms with Crippen molar-refractivity contribution >= 4 is 5.97 Å². The van der Waals surface area contributed by atoms with E-state index < -0.39 is 0 Å². The van der Waals surface area contributed by atoms with E-state index in [4.69, 9.17) is 4.74 Å². The van der Waals surface area contributed by atoms with Gasteiger partial charge in [-0.05, 0) is 32.6 Å². The highest BCUT2D eigenvalue weighted by Crippen LogP contribution is 2.45. The molecule has 0 N–H and O–H groups in total. The first-order valence-corrected chi connectivity index (χ1v) is 5.37. The highest BCUT2D eigenvalue weighted by Gasteiger charge is 2.54. The molecule has 1 heterocycles. The normalized spacial score (nSPS) is 41.1. The average Bonchev–Trinajstić information content (AvgIpc) is 2.19. The minimum atomic E-state index is -0.127. The van der Waals surface area contributed by atoms with Gasteiger partial charge < -0.3 is 4.74 Å². The summed E-state index contributed by atoms with van der Waals surface area (Å²) in [5.74, 6) is 0.734. The molecule has 1 aliphatic carbocycles. The van der Waals surface area contributed by atoms with Gasteiger partial charge >= 0.3 is 5.97 Å². The molecule has 74 valence electrons. The van der Waals surface area contributed by atoms with Crippen LogP contribution in [0.5, 0.6) is 0 Å². The van der Waals surface area contributed by atoms with Crippen molar-refractivity contribution in [2.75, 3.05) is 0 Å². The fourth-order valence-electron chi connectivity index (χ4n) is 2.68. The number of cyclic esters (lactones) is 1. The van der Waals surface area contributed by atoms with Crippen LogP contribution in [-0.4, -0.2) is 11.6 Å². The zero-order chi connectivity index (χ0) is 9.47. The van der Waals surface area contributed by atoms with Gasteiger partial charge in [-0.25, -0.2) is 0 Å². The molecule has 0 radical (unpaired) electrons. The zero-order valence-electron chi connectivity index (χ0n) is 8.51. The summed E-state index contributed by atoms with van der Waals surface area (Å²) in [5.41, 5.74) is -0.127. The summed E-state index contributed by atoms with van der Waals surface area (Å²) in [5, 5.41) is 0. The van der Waals surface area contributed by atoms with E-state index in [2.05, 4.69) is 6.92 Å². The van der Waals surface area contributed by atoms with Crippen molar-refractivity contribution in [3.05, 3.63) is 0 Å². The average molecular weight is 182 g/mol. The predicted molar refractivity (Wildman–Crippen MR) is 50.2 cm³/mol. The number of ether oxygens (including phenoxy) is 1. The smallest absolute Gasteiger partial charge is 0.313 e. The lowest BCUT2D eigenvalue weighted by Crippen LogP contribution is -2.58. The lowest BCUT2D eigenvalue weighted by atomic mass is 9.69. The second kappa shape index (κ2) is 3.00. The maximum atomic E-state index is 11.1. The summed E-state index contributed by atoms with van der Waals surface area (Å²) in [6.07, 6.45) is 6.46. The van der Waals surface area contributed by atoms with Crippen LogP contribution in [0.4, 0.5) is 0 Å². The fraction of sp³-hybridized carbons (Fsp3) is 0.909. The van der Waals surface area contributed by atoms with Gasteiger partial charge in [-0.3, -0.25) is 4.79 Å². The van der Waals surface area contributed by atoms with Gasteiger partial charge in [0, 0.05) is 0 Å². The van der Waals surface area contributed by atoms with E-state index >= 15 is 0 Å². The quantitative estimate of drug-likeness (QED) is 0.582. The molecule has 0 unspecified atom stereocenters. The number of carbonyl (C=O) groups excluding carboxylic acids is 1. The Morgan fingerprint density at radius 3 is 2.38 bits per heavy atom. The Hall–Kier alpha value is -0.530. The molecular formula is C11H18O2. The SMILES string of the molecule is C[C@H]1C(=O)O[C@@]1(C)C1CCCCC1. The Morgan fingerprint density at radius 1 is 1.31 bits per heavy atom. The van der Waals surface area contributed by atoms with Crippen LogP contribution >= 0.6 is 0 Å². The van der Waals surface area contributed by atoms with Crippen LogP contribution < -0.4 is 0 Å². The summed E-state index contributed by atoms with van der Waals surface area (Å²) < 4.78 is 5.34. The van der Waals surface area contributed by atoms with Crippen molar-refractivity contribution < 1.29 is 9.53 Å². The Bertz CT molecular complexity index is 218. The van der Waals surface area contributed by atoms with Crippen LogP contribution in [0.25, 0.3) is 0 Å². The molecule has 2 aliphatic rings. The van der Waals surface area contributed by atoms with Gasteiger partial charge in [0.15, 0.2) is 0 Å². The van der Waals surface area contributed by atoms with Crippen molar-refractivity contribution in [3.63, 3.8) is 0 Å². The molecule has 0 aromatic rings. The Labute approximate surface area is 79.7 Å². The third kappa shape index (κ3) is 1.27. The standard InChI is InChI=1S/C11H18O2/c1-8-10(12)13-11(8,2)9-6-4-3-5-7-9/h8-9H,3-7H2,1-2H3/t8-,11+/m0/s1. The summed E-state index contributed by atoms with van der Waals surface area (Å²) >= 11 is 0. The van der Waals surface area contributed by atoms with Gasteiger partial charge in [0.05, 0.1) is 5.92 Å².